The first kappa shape index (κ1) is 21.2. The molecule has 1 aliphatic rings. The first-order valence-electron chi connectivity index (χ1n) is 8.63. The van der Waals surface area contributed by atoms with E-state index in [1.807, 2.05) is 38.7 Å². The summed E-state index contributed by atoms with van der Waals surface area (Å²) >= 11 is 13.7. The molecule has 1 heterocycles. The first-order valence-corrected chi connectivity index (χ1v) is 10.4. The van der Waals surface area contributed by atoms with Gasteiger partial charge in [0.1, 0.15) is 5.37 Å². The monoisotopic (exact) mass is 417 g/mol. The molecule has 1 aliphatic heterocycles. The topological polar surface area (TPSA) is 52.7 Å². The van der Waals surface area contributed by atoms with Crippen LogP contribution in [0.25, 0.3) is 0 Å². The Morgan fingerprint density at radius 3 is 2.58 bits per heavy atom. The summed E-state index contributed by atoms with van der Waals surface area (Å²) in [5.41, 5.74) is 0.943. The fourth-order valence-corrected chi connectivity index (χ4v) is 4.29. The van der Waals surface area contributed by atoms with Crippen molar-refractivity contribution in [3.05, 3.63) is 33.8 Å². The third-order valence-corrected chi connectivity index (χ3v) is 6.07. The lowest BCUT2D eigenvalue weighted by Gasteiger charge is -2.31. The predicted molar refractivity (Wildman–Crippen MR) is 109 cm³/mol. The number of halogens is 2. The third-order valence-electron chi connectivity index (χ3n) is 4.08. The van der Waals surface area contributed by atoms with Crippen molar-refractivity contribution in [1.82, 2.24) is 15.1 Å². The van der Waals surface area contributed by atoms with Crippen LogP contribution >= 0.6 is 35.0 Å². The van der Waals surface area contributed by atoms with Crippen LogP contribution in [0.15, 0.2) is 18.2 Å². The normalized spacial score (nSPS) is 17.3. The Balaban J connectivity index is 2.10. The number of amides is 3. The van der Waals surface area contributed by atoms with Crippen LogP contribution in [0.4, 0.5) is 4.79 Å². The minimum absolute atomic E-state index is 0.0440. The van der Waals surface area contributed by atoms with E-state index in [9.17, 15) is 9.59 Å². The number of thioether (sulfide) groups is 1. The van der Waals surface area contributed by atoms with Crippen LogP contribution < -0.4 is 5.32 Å². The summed E-state index contributed by atoms with van der Waals surface area (Å²) < 4.78 is 0. The molecule has 0 bridgehead atoms. The lowest BCUT2D eigenvalue weighted by atomic mass is 10.2. The summed E-state index contributed by atoms with van der Waals surface area (Å²) in [7, 11) is 0. The molecule has 3 amide bonds. The zero-order chi connectivity index (χ0) is 19.4. The maximum atomic E-state index is 12.4. The molecule has 0 spiro atoms. The summed E-state index contributed by atoms with van der Waals surface area (Å²) in [4.78, 5) is 28.3. The fourth-order valence-electron chi connectivity index (χ4n) is 2.78. The first-order chi connectivity index (χ1) is 12.2. The highest BCUT2D eigenvalue weighted by Crippen LogP contribution is 2.40. The van der Waals surface area contributed by atoms with E-state index >= 15 is 0 Å². The van der Waals surface area contributed by atoms with Gasteiger partial charge in [-0.05, 0) is 45.4 Å². The van der Waals surface area contributed by atoms with Crippen LogP contribution in [0.3, 0.4) is 0 Å². The smallest absolute Gasteiger partial charge is 0.317 e. The average Bonchev–Trinajstić information content (AvgIpc) is 2.90. The molecule has 1 fully saturated rings. The van der Waals surface area contributed by atoms with Gasteiger partial charge in [-0.3, -0.25) is 4.79 Å². The molecule has 1 saturated heterocycles. The standard InChI is InChI=1S/C18H25Cl2N3O2S/c1-11(2)21-18(25)22(12(3)4)7-8-23-16(24)10-26-17(23)13-5-6-14(19)15(20)9-13/h5-6,9,11-12,17H,7-8,10H2,1-4H3,(H,21,25)/t17-/m0/s1. The molecule has 1 N–H and O–H groups in total. The van der Waals surface area contributed by atoms with Gasteiger partial charge in [0.2, 0.25) is 5.91 Å². The van der Waals surface area contributed by atoms with Crippen LogP contribution in [0.5, 0.6) is 0 Å². The van der Waals surface area contributed by atoms with Gasteiger partial charge in [-0.2, -0.15) is 0 Å². The highest BCUT2D eigenvalue weighted by molar-refractivity contribution is 8.00. The molecule has 1 aromatic carbocycles. The van der Waals surface area contributed by atoms with Gasteiger partial charge < -0.3 is 15.1 Å². The Kier molecular flexibility index (Phi) is 7.50. The molecule has 1 atom stereocenters. The summed E-state index contributed by atoms with van der Waals surface area (Å²) in [6.45, 7) is 8.74. The Bertz CT molecular complexity index is 670. The number of hydrogen-bond donors (Lipinski definition) is 1. The third kappa shape index (κ3) is 5.21. The number of rotatable bonds is 6. The van der Waals surface area contributed by atoms with E-state index in [1.165, 1.54) is 0 Å². The fraction of sp³-hybridized carbons (Fsp3) is 0.556. The molecule has 1 aromatic rings. The van der Waals surface area contributed by atoms with Gasteiger partial charge in [-0.1, -0.05) is 29.3 Å². The number of hydrogen-bond acceptors (Lipinski definition) is 3. The lowest BCUT2D eigenvalue weighted by molar-refractivity contribution is -0.128. The van der Waals surface area contributed by atoms with E-state index in [1.54, 1.807) is 28.8 Å². The van der Waals surface area contributed by atoms with E-state index in [0.29, 0.717) is 28.9 Å². The SMILES string of the molecule is CC(C)NC(=O)N(CCN1C(=O)CS[C@H]1c1ccc(Cl)c(Cl)c1)C(C)C. The van der Waals surface area contributed by atoms with E-state index in [-0.39, 0.29) is 29.4 Å². The second kappa shape index (κ2) is 9.20. The van der Waals surface area contributed by atoms with Gasteiger partial charge in [0.15, 0.2) is 0 Å². The Morgan fingerprint density at radius 2 is 2.00 bits per heavy atom. The molecule has 0 radical (unpaired) electrons. The summed E-state index contributed by atoms with van der Waals surface area (Å²) in [5, 5.41) is 3.77. The second-order valence-corrected chi connectivity index (χ2v) is 8.70. The van der Waals surface area contributed by atoms with Gasteiger partial charge >= 0.3 is 6.03 Å². The predicted octanol–water partition coefficient (Wildman–Crippen LogP) is 4.40. The maximum Gasteiger partial charge on any atom is 0.317 e. The number of carbonyl (C=O) groups excluding carboxylic acids is 2. The van der Waals surface area contributed by atoms with Crippen molar-refractivity contribution in [2.45, 2.75) is 45.2 Å². The molecule has 0 unspecified atom stereocenters. The van der Waals surface area contributed by atoms with Crippen molar-refractivity contribution >= 4 is 46.9 Å². The minimum atomic E-state index is -0.112. The Labute approximate surface area is 169 Å². The number of urea groups is 1. The highest BCUT2D eigenvalue weighted by atomic mass is 35.5. The summed E-state index contributed by atoms with van der Waals surface area (Å²) in [6, 6.07) is 5.44. The van der Waals surface area contributed by atoms with Crippen molar-refractivity contribution in [2.24, 2.45) is 0 Å². The second-order valence-electron chi connectivity index (χ2n) is 6.82. The largest absolute Gasteiger partial charge is 0.336 e. The summed E-state index contributed by atoms with van der Waals surface area (Å²) in [6.07, 6.45) is 0. The van der Waals surface area contributed by atoms with E-state index < -0.39 is 0 Å². The van der Waals surface area contributed by atoms with Crippen LogP contribution in [0.1, 0.15) is 38.6 Å². The van der Waals surface area contributed by atoms with Crippen LogP contribution in [0, 0.1) is 0 Å². The maximum absolute atomic E-state index is 12.4. The van der Waals surface area contributed by atoms with Gasteiger partial charge in [0, 0.05) is 25.2 Å². The zero-order valence-corrected chi connectivity index (χ0v) is 17.8. The number of carbonyl (C=O) groups is 2. The summed E-state index contributed by atoms with van der Waals surface area (Å²) in [5.74, 6) is 0.490. The molecule has 0 aliphatic carbocycles. The number of nitrogens with one attached hydrogen (secondary N) is 1. The molecule has 2 rings (SSSR count). The molecule has 26 heavy (non-hydrogen) atoms. The Hall–Kier alpha value is -1.11. The van der Waals surface area contributed by atoms with E-state index in [2.05, 4.69) is 5.32 Å². The van der Waals surface area contributed by atoms with E-state index in [0.717, 1.165) is 5.56 Å². The lowest BCUT2D eigenvalue weighted by Crippen LogP contribution is -2.49. The average molecular weight is 418 g/mol. The van der Waals surface area contributed by atoms with Crippen molar-refractivity contribution in [3.8, 4) is 0 Å². The molecule has 0 aromatic heterocycles. The molecule has 5 nitrogen and oxygen atoms in total. The van der Waals surface area contributed by atoms with Crippen molar-refractivity contribution < 1.29 is 9.59 Å². The molecule has 144 valence electrons. The van der Waals surface area contributed by atoms with E-state index in [4.69, 9.17) is 23.2 Å². The minimum Gasteiger partial charge on any atom is -0.336 e. The number of nitrogens with zero attached hydrogens (tertiary/aromatic N) is 2. The highest BCUT2D eigenvalue weighted by Gasteiger charge is 2.33. The van der Waals surface area contributed by atoms with Crippen LogP contribution in [0.2, 0.25) is 10.0 Å². The van der Waals surface area contributed by atoms with Crippen LogP contribution in [-0.4, -0.2) is 52.7 Å². The van der Waals surface area contributed by atoms with Gasteiger partial charge in [-0.15, -0.1) is 11.8 Å². The van der Waals surface area contributed by atoms with Crippen molar-refractivity contribution in [1.29, 1.82) is 0 Å². The molecule has 0 saturated carbocycles. The quantitative estimate of drug-likeness (QED) is 0.745. The Morgan fingerprint density at radius 1 is 1.31 bits per heavy atom. The molecular formula is C18H25Cl2N3O2S. The zero-order valence-electron chi connectivity index (χ0n) is 15.5. The van der Waals surface area contributed by atoms with Gasteiger partial charge in [0.05, 0.1) is 15.8 Å². The van der Waals surface area contributed by atoms with Gasteiger partial charge in [-0.25, -0.2) is 4.79 Å². The van der Waals surface area contributed by atoms with Crippen LogP contribution in [-0.2, 0) is 4.79 Å². The molecular weight excluding hydrogens is 393 g/mol. The molecule has 8 heteroatoms. The van der Waals surface area contributed by atoms with Crippen molar-refractivity contribution in [2.75, 3.05) is 18.8 Å². The number of benzene rings is 1. The van der Waals surface area contributed by atoms with Crippen molar-refractivity contribution in [3.63, 3.8) is 0 Å². The van der Waals surface area contributed by atoms with Gasteiger partial charge in [0.25, 0.3) is 0 Å².